The third-order valence-electron chi connectivity index (χ3n) is 4.51. The first-order valence-electron chi connectivity index (χ1n) is 8.20. The van der Waals surface area contributed by atoms with Gasteiger partial charge in [0, 0.05) is 28.7 Å². The first kappa shape index (κ1) is 15.5. The number of fused-ring (bicyclic) bond motifs is 2. The lowest BCUT2D eigenvalue weighted by atomic mass is 9.77. The summed E-state index contributed by atoms with van der Waals surface area (Å²) >= 11 is 0. The molecule has 0 N–H and O–H groups in total. The van der Waals surface area contributed by atoms with Crippen LogP contribution in [0.4, 0.5) is 0 Å². The number of esters is 1. The Balaban J connectivity index is 2.02. The standard InChI is InChI=1S/C21H18O4/c1-14(2)20(22)25-21(15-11-12-23-13-15)16-7-3-5-9-18(16)24-19-10-6-4-8-17(19)21/h3-10,13H,1,11-12H2,2H3. The van der Waals surface area contributed by atoms with E-state index in [9.17, 15) is 4.79 Å². The zero-order valence-electron chi connectivity index (χ0n) is 14.0. The number of benzene rings is 2. The van der Waals surface area contributed by atoms with Gasteiger partial charge in [-0.1, -0.05) is 43.0 Å². The summed E-state index contributed by atoms with van der Waals surface area (Å²) in [4.78, 5) is 12.6. The lowest BCUT2D eigenvalue weighted by molar-refractivity contribution is -0.149. The normalized spacial score (nSPS) is 16.6. The summed E-state index contributed by atoms with van der Waals surface area (Å²) in [5.41, 5.74) is 1.75. The van der Waals surface area contributed by atoms with Crippen LogP contribution < -0.4 is 4.74 Å². The molecule has 0 atom stereocenters. The van der Waals surface area contributed by atoms with Gasteiger partial charge in [0.05, 0.1) is 12.9 Å². The summed E-state index contributed by atoms with van der Waals surface area (Å²) in [5.74, 6) is 0.895. The minimum atomic E-state index is -1.07. The van der Waals surface area contributed by atoms with Crippen molar-refractivity contribution in [2.45, 2.75) is 18.9 Å². The number of hydrogen-bond donors (Lipinski definition) is 0. The number of rotatable bonds is 3. The molecule has 2 aliphatic heterocycles. The van der Waals surface area contributed by atoms with E-state index in [1.54, 1.807) is 13.2 Å². The van der Waals surface area contributed by atoms with Crippen molar-refractivity contribution in [2.24, 2.45) is 0 Å². The van der Waals surface area contributed by atoms with Crippen LogP contribution in [0.2, 0.25) is 0 Å². The van der Waals surface area contributed by atoms with Crippen LogP contribution in [0.25, 0.3) is 0 Å². The molecular weight excluding hydrogens is 316 g/mol. The molecule has 0 bridgehead atoms. The number of hydrogen-bond acceptors (Lipinski definition) is 4. The van der Waals surface area contributed by atoms with Gasteiger partial charge in [0.1, 0.15) is 11.5 Å². The van der Waals surface area contributed by atoms with Gasteiger partial charge in [-0.3, -0.25) is 0 Å². The van der Waals surface area contributed by atoms with Crippen LogP contribution in [0.15, 0.2) is 72.5 Å². The molecule has 126 valence electrons. The van der Waals surface area contributed by atoms with E-state index in [1.807, 2.05) is 48.5 Å². The SMILES string of the molecule is C=C(C)C(=O)OC1(C2=COCC2)c2ccccc2Oc2ccccc21. The van der Waals surface area contributed by atoms with Crippen LogP contribution >= 0.6 is 0 Å². The van der Waals surface area contributed by atoms with Gasteiger partial charge in [-0.25, -0.2) is 4.79 Å². The molecule has 4 nitrogen and oxygen atoms in total. The monoisotopic (exact) mass is 334 g/mol. The zero-order valence-corrected chi connectivity index (χ0v) is 14.0. The topological polar surface area (TPSA) is 44.8 Å². The van der Waals surface area contributed by atoms with E-state index in [0.29, 0.717) is 30.1 Å². The third-order valence-corrected chi connectivity index (χ3v) is 4.51. The highest BCUT2D eigenvalue weighted by atomic mass is 16.6. The molecule has 0 spiro atoms. The Morgan fingerprint density at radius 2 is 1.68 bits per heavy atom. The summed E-state index contributed by atoms with van der Waals surface area (Å²) in [7, 11) is 0. The van der Waals surface area contributed by atoms with E-state index in [-0.39, 0.29) is 0 Å². The van der Waals surface area contributed by atoms with Gasteiger partial charge in [0.2, 0.25) is 0 Å². The Morgan fingerprint density at radius 3 is 2.20 bits per heavy atom. The predicted octanol–water partition coefficient (Wildman–Crippen LogP) is 4.46. The second-order valence-corrected chi connectivity index (χ2v) is 6.21. The van der Waals surface area contributed by atoms with E-state index < -0.39 is 11.6 Å². The summed E-state index contributed by atoms with van der Waals surface area (Å²) < 4.78 is 17.7. The van der Waals surface area contributed by atoms with E-state index in [4.69, 9.17) is 14.2 Å². The summed E-state index contributed by atoms with van der Waals surface area (Å²) in [5, 5.41) is 0. The minimum Gasteiger partial charge on any atom is -0.501 e. The highest BCUT2D eigenvalue weighted by Gasteiger charge is 2.49. The first-order valence-corrected chi connectivity index (χ1v) is 8.20. The molecule has 25 heavy (non-hydrogen) atoms. The minimum absolute atomic E-state index is 0.348. The number of ether oxygens (including phenoxy) is 3. The largest absolute Gasteiger partial charge is 0.501 e. The molecule has 0 unspecified atom stereocenters. The van der Waals surface area contributed by atoms with Crippen molar-refractivity contribution in [3.63, 3.8) is 0 Å². The molecule has 4 heteroatoms. The second-order valence-electron chi connectivity index (χ2n) is 6.21. The maximum Gasteiger partial charge on any atom is 0.334 e. The molecular formula is C21H18O4. The summed E-state index contributed by atoms with van der Waals surface area (Å²) in [6, 6.07) is 15.2. The fraction of sp³-hybridized carbons (Fsp3) is 0.190. The Labute approximate surface area is 146 Å². The maximum absolute atomic E-state index is 12.6. The molecule has 2 aliphatic rings. The molecule has 2 heterocycles. The molecule has 4 rings (SSSR count). The van der Waals surface area contributed by atoms with E-state index in [1.165, 1.54) is 0 Å². The Kier molecular flexibility index (Phi) is 3.61. The molecule has 0 saturated carbocycles. The quantitative estimate of drug-likeness (QED) is 0.614. The van der Waals surface area contributed by atoms with Gasteiger partial charge in [-0.15, -0.1) is 0 Å². The Bertz CT molecular complexity index is 849. The fourth-order valence-corrected chi connectivity index (χ4v) is 3.35. The van der Waals surface area contributed by atoms with Crippen molar-refractivity contribution in [3.8, 4) is 11.5 Å². The average molecular weight is 334 g/mol. The maximum atomic E-state index is 12.6. The van der Waals surface area contributed by atoms with Gasteiger partial charge in [0.25, 0.3) is 0 Å². The molecule has 0 aromatic heterocycles. The number of carbonyl (C=O) groups excluding carboxylic acids is 1. The second kappa shape index (κ2) is 5.81. The number of para-hydroxylation sites is 2. The third kappa shape index (κ3) is 2.33. The van der Waals surface area contributed by atoms with Crippen LogP contribution in [0.5, 0.6) is 11.5 Å². The molecule has 0 radical (unpaired) electrons. The summed E-state index contributed by atoms with van der Waals surface area (Å²) in [6.45, 7) is 5.94. The first-order chi connectivity index (χ1) is 12.1. The molecule has 0 aliphatic carbocycles. The summed E-state index contributed by atoms with van der Waals surface area (Å²) in [6.07, 6.45) is 2.37. The average Bonchev–Trinajstić information content (AvgIpc) is 3.16. The van der Waals surface area contributed by atoms with Gasteiger partial charge in [0.15, 0.2) is 5.60 Å². The molecule has 0 fully saturated rings. The van der Waals surface area contributed by atoms with Crippen molar-refractivity contribution in [3.05, 3.63) is 83.6 Å². The zero-order chi connectivity index (χ0) is 17.4. The Morgan fingerprint density at radius 1 is 1.08 bits per heavy atom. The predicted molar refractivity (Wildman–Crippen MR) is 93.3 cm³/mol. The van der Waals surface area contributed by atoms with Crippen LogP contribution in [-0.2, 0) is 19.9 Å². The van der Waals surface area contributed by atoms with E-state index in [2.05, 4.69) is 6.58 Å². The van der Waals surface area contributed by atoms with Crippen LogP contribution in [-0.4, -0.2) is 12.6 Å². The molecule has 0 saturated heterocycles. The smallest absolute Gasteiger partial charge is 0.334 e. The molecule has 2 aromatic carbocycles. The van der Waals surface area contributed by atoms with Crippen LogP contribution in [0, 0.1) is 0 Å². The van der Waals surface area contributed by atoms with Crippen LogP contribution in [0.1, 0.15) is 24.5 Å². The van der Waals surface area contributed by atoms with Crippen LogP contribution in [0.3, 0.4) is 0 Å². The van der Waals surface area contributed by atoms with E-state index >= 15 is 0 Å². The van der Waals surface area contributed by atoms with Crippen molar-refractivity contribution < 1.29 is 19.0 Å². The van der Waals surface area contributed by atoms with Crippen molar-refractivity contribution in [1.82, 2.24) is 0 Å². The van der Waals surface area contributed by atoms with E-state index in [0.717, 1.165) is 16.7 Å². The highest BCUT2D eigenvalue weighted by molar-refractivity contribution is 5.88. The highest BCUT2D eigenvalue weighted by Crippen LogP contribution is 2.54. The fourth-order valence-electron chi connectivity index (χ4n) is 3.35. The lowest BCUT2D eigenvalue weighted by Crippen LogP contribution is -2.38. The Hall–Kier alpha value is -3.01. The van der Waals surface area contributed by atoms with Crippen molar-refractivity contribution in [2.75, 3.05) is 6.61 Å². The van der Waals surface area contributed by atoms with Gasteiger partial charge in [-0.2, -0.15) is 0 Å². The van der Waals surface area contributed by atoms with Gasteiger partial charge < -0.3 is 14.2 Å². The number of carbonyl (C=O) groups is 1. The van der Waals surface area contributed by atoms with Crippen molar-refractivity contribution in [1.29, 1.82) is 0 Å². The molecule has 2 aromatic rings. The molecule has 0 amide bonds. The van der Waals surface area contributed by atoms with Crippen molar-refractivity contribution >= 4 is 5.97 Å². The lowest BCUT2D eigenvalue weighted by Gasteiger charge is -2.40. The van der Waals surface area contributed by atoms with Gasteiger partial charge in [-0.05, 0) is 19.1 Å². The van der Waals surface area contributed by atoms with Gasteiger partial charge >= 0.3 is 5.97 Å².